The number of nitrogens with one attached hydrogen (secondary N) is 1. The van der Waals surface area contributed by atoms with Gasteiger partial charge in [-0.3, -0.25) is 9.36 Å². The molecule has 1 atom stereocenters. The first kappa shape index (κ1) is 21.2. The predicted octanol–water partition coefficient (Wildman–Crippen LogP) is 4.93. The maximum absolute atomic E-state index is 12.8. The number of hydrogen-bond acceptors (Lipinski definition) is 4. The molecule has 2 aromatic carbocycles. The van der Waals surface area contributed by atoms with E-state index >= 15 is 0 Å². The van der Waals surface area contributed by atoms with E-state index in [1.165, 1.54) is 11.8 Å². The Balaban J connectivity index is 1.88. The summed E-state index contributed by atoms with van der Waals surface area (Å²) in [5.41, 5.74) is 4.16. The zero-order chi connectivity index (χ0) is 22.1. The maximum atomic E-state index is 12.8. The third-order valence-electron chi connectivity index (χ3n) is 5.25. The van der Waals surface area contributed by atoms with Gasteiger partial charge >= 0.3 is 0 Å². The van der Waals surface area contributed by atoms with Crippen LogP contribution >= 0.6 is 11.8 Å². The van der Waals surface area contributed by atoms with Crippen molar-refractivity contribution in [3.8, 4) is 17.1 Å². The number of para-hydroxylation sites is 1. The average molecular weight is 434 g/mol. The van der Waals surface area contributed by atoms with Crippen LogP contribution in [0.1, 0.15) is 19.4 Å². The summed E-state index contributed by atoms with van der Waals surface area (Å²) in [7, 11) is 3.59. The number of rotatable bonds is 6. The molecule has 31 heavy (non-hydrogen) atoms. The molecule has 2 heterocycles. The second kappa shape index (κ2) is 8.59. The number of H-pyrrole nitrogens is 1. The lowest BCUT2D eigenvalue weighted by molar-refractivity contribution is -0.128. The van der Waals surface area contributed by atoms with Gasteiger partial charge < -0.3 is 9.88 Å². The van der Waals surface area contributed by atoms with Crippen molar-refractivity contribution in [2.75, 3.05) is 14.1 Å². The predicted molar refractivity (Wildman–Crippen MR) is 127 cm³/mol. The number of aryl methyl sites for hydroxylation is 1. The van der Waals surface area contributed by atoms with Gasteiger partial charge in [0.15, 0.2) is 11.0 Å². The normalized spacial score (nSPS) is 12.5. The van der Waals surface area contributed by atoms with Gasteiger partial charge in [-0.25, -0.2) is 0 Å². The lowest BCUT2D eigenvalue weighted by atomic mass is 10.1. The minimum absolute atomic E-state index is 0.0763. The quantitative estimate of drug-likeness (QED) is 0.438. The van der Waals surface area contributed by atoms with Crippen molar-refractivity contribution < 1.29 is 4.79 Å². The Hall–Kier alpha value is -3.06. The van der Waals surface area contributed by atoms with Gasteiger partial charge in [-0.05, 0) is 36.6 Å². The van der Waals surface area contributed by atoms with Gasteiger partial charge in [0.05, 0.1) is 5.25 Å². The molecule has 1 amide bonds. The number of carbonyl (C=O) groups is 1. The Morgan fingerprint density at radius 1 is 1.10 bits per heavy atom. The molecule has 160 valence electrons. The van der Waals surface area contributed by atoms with Crippen molar-refractivity contribution in [1.29, 1.82) is 0 Å². The smallest absolute Gasteiger partial charge is 0.235 e. The number of aromatic amines is 1. The van der Waals surface area contributed by atoms with Crippen LogP contribution in [0.25, 0.3) is 28.0 Å². The largest absolute Gasteiger partial charge is 0.360 e. The second-order valence-corrected chi connectivity index (χ2v) is 9.35. The number of thioether (sulfide) groups is 1. The summed E-state index contributed by atoms with van der Waals surface area (Å²) >= 11 is 1.47. The Labute approximate surface area is 186 Å². The lowest BCUT2D eigenvalue weighted by Crippen LogP contribution is -2.35. The van der Waals surface area contributed by atoms with E-state index in [-0.39, 0.29) is 17.1 Å². The monoisotopic (exact) mass is 433 g/mol. The summed E-state index contributed by atoms with van der Waals surface area (Å²) in [6, 6.07) is 16.4. The molecule has 0 aliphatic carbocycles. The maximum Gasteiger partial charge on any atom is 0.235 e. The van der Waals surface area contributed by atoms with Gasteiger partial charge in [-0.15, -0.1) is 10.2 Å². The van der Waals surface area contributed by atoms with E-state index in [9.17, 15) is 4.79 Å². The molecule has 0 bridgehead atoms. The molecule has 7 heteroatoms. The lowest BCUT2D eigenvalue weighted by Gasteiger charge is -2.23. The van der Waals surface area contributed by atoms with E-state index in [2.05, 4.69) is 64.8 Å². The van der Waals surface area contributed by atoms with Crippen LogP contribution in [0.15, 0.2) is 59.9 Å². The number of aromatic nitrogens is 4. The molecule has 0 spiro atoms. The highest BCUT2D eigenvalue weighted by Gasteiger charge is 2.29. The van der Waals surface area contributed by atoms with Crippen molar-refractivity contribution in [1.82, 2.24) is 24.6 Å². The fraction of sp³-hybridized carbons (Fsp3) is 0.292. The summed E-state index contributed by atoms with van der Waals surface area (Å²) in [6.07, 6.45) is 1.97. The van der Waals surface area contributed by atoms with Gasteiger partial charge in [0, 0.05) is 42.4 Å². The number of hydrogen-bond donors (Lipinski definition) is 1. The van der Waals surface area contributed by atoms with E-state index in [1.807, 2.05) is 30.5 Å². The Morgan fingerprint density at radius 3 is 2.58 bits per heavy atom. The van der Waals surface area contributed by atoms with Gasteiger partial charge in [0.25, 0.3) is 0 Å². The first-order valence-corrected chi connectivity index (χ1v) is 11.2. The zero-order valence-electron chi connectivity index (χ0n) is 18.5. The minimum Gasteiger partial charge on any atom is -0.360 e. The highest BCUT2D eigenvalue weighted by atomic mass is 32.2. The van der Waals surface area contributed by atoms with Crippen LogP contribution < -0.4 is 0 Å². The van der Waals surface area contributed by atoms with Crippen LogP contribution in [0.3, 0.4) is 0 Å². The van der Waals surface area contributed by atoms with E-state index in [0.717, 1.165) is 33.5 Å². The molecule has 0 saturated heterocycles. The molecule has 1 N–H and O–H groups in total. The minimum atomic E-state index is -0.251. The fourth-order valence-corrected chi connectivity index (χ4v) is 4.81. The Morgan fingerprint density at radius 2 is 1.87 bits per heavy atom. The molecule has 0 aliphatic rings. The summed E-state index contributed by atoms with van der Waals surface area (Å²) in [5.74, 6) is 0.983. The molecular formula is C24H27N5OS. The molecule has 6 nitrogen and oxygen atoms in total. The van der Waals surface area contributed by atoms with E-state index in [4.69, 9.17) is 0 Å². The third-order valence-corrected chi connectivity index (χ3v) is 6.72. The molecule has 0 aliphatic heterocycles. The molecule has 4 aromatic rings. The number of benzene rings is 2. The van der Waals surface area contributed by atoms with E-state index in [0.29, 0.717) is 5.16 Å². The second-order valence-electron chi connectivity index (χ2n) is 8.24. The first-order chi connectivity index (χ1) is 14.9. The van der Waals surface area contributed by atoms with Crippen molar-refractivity contribution in [3.05, 3.63) is 60.3 Å². The molecule has 0 saturated carbocycles. The zero-order valence-corrected chi connectivity index (χ0v) is 19.3. The van der Waals surface area contributed by atoms with Crippen LogP contribution in [0.2, 0.25) is 0 Å². The molecule has 0 fully saturated rings. The topological polar surface area (TPSA) is 66.8 Å². The first-order valence-electron chi connectivity index (χ1n) is 10.3. The summed E-state index contributed by atoms with van der Waals surface area (Å²) in [5, 5.41) is 10.7. The average Bonchev–Trinajstić information content (AvgIpc) is 3.35. The van der Waals surface area contributed by atoms with Crippen LogP contribution in [-0.2, 0) is 4.79 Å². The summed E-state index contributed by atoms with van der Waals surface area (Å²) in [4.78, 5) is 17.8. The van der Waals surface area contributed by atoms with Gasteiger partial charge in [-0.2, -0.15) is 0 Å². The standard InChI is InChI=1S/C24H27N5OS/c1-15(2)21(23(30)28(4)5)31-24-27-26-22(29(24)17-10-8-9-16(3)13-17)19-14-25-20-12-7-6-11-18(19)20/h6-15,21,25H,1-5H3. The van der Waals surface area contributed by atoms with Crippen molar-refractivity contribution in [3.63, 3.8) is 0 Å². The summed E-state index contributed by atoms with van der Waals surface area (Å²) in [6.45, 7) is 6.19. The van der Waals surface area contributed by atoms with E-state index < -0.39 is 0 Å². The third kappa shape index (κ3) is 4.10. The molecule has 1 unspecified atom stereocenters. The number of fused-ring (bicyclic) bond motifs is 1. The van der Waals surface area contributed by atoms with Gasteiger partial charge in [0.2, 0.25) is 5.91 Å². The fourth-order valence-electron chi connectivity index (χ4n) is 3.62. The SMILES string of the molecule is Cc1cccc(-n2c(SC(C(=O)N(C)C)C(C)C)nnc2-c2c[nH]c3ccccc23)c1. The molecule has 0 radical (unpaired) electrons. The molecule has 4 rings (SSSR count). The summed E-state index contributed by atoms with van der Waals surface area (Å²) < 4.78 is 2.06. The Bertz CT molecular complexity index is 1220. The molecule has 2 aromatic heterocycles. The van der Waals surface area contributed by atoms with Crippen molar-refractivity contribution in [2.45, 2.75) is 31.2 Å². The van der Waals surface area contributed by atoms with Gasteiger partial charge in [0.1, 0.15) is 0 Å². The number of amides is 1. The number of nitrogens with zero attached hydrogens (tertiary/aromatic N) is 4. The van der Waals surface area contributed by atoms with E-state index in [1.54, 1.807) is 19.0 Å². The number of carbonyl (C=O) groups excluding carboxylic acids is 1. The Kier molecular flexibility index (Phi) is 5.87. The van der Waals surface area contributed by atoms with Crippen LogP contribution in [0, 0.1) is 12.8 Å². The van der Waals surface area contributed by atoms with Crippen molar-refractivity contribution in [2.24, 2.45) is 5.92 Å². The highest BCUT2D eigenvalue weighted by Crippen LogP contribution is 2.35. The van der Waals surface area contributed by atoms with Crippen LogP contribution in [0.5, 0.6) is 0 Å². The van der Waals surface area contributed by atoms with Gasteiger partial charge in [-0.1, -0.05) is 55.9 Å². The molecular weight excluding hydrogens is 406 g/mol. The highest BCUT2D eigenvalue weighted by molar-refractivity contribution is 8.00. The van der Waals surface area contributed by atoms with Crippen molar-refractivity contribution >= 4 is 28.6 Å². The van der Waals surface area contributed by atoms with Crippen LogP contribution in [-0.4, -0.2) is 49.9 Å². The van der Waals surface area contributed by atoms with Crippen LogP contribution in [0.4, 0.5) is 0 Å².